The van der Waals surface area contributed by atoms with Crippen LogP contribution in [0, 0.1) is 0 Å². The van der Waals surface area contributed by atoms with Gasteiger partial charge in [0, 0.05) is 38.2 Å². The fourth-order valence-electron chi connectivity index (χ4n) is 6.63. The SMILES string of the molecule is c1ccc(-c2nc(-c3ccc(-c4nc5ccccc5c5c6ccccc6c6ccccc6c45)cc3)nc3ccccc23)cc1. The zero-order chi connectivity index (χ0) is 29.0. The Bertz CT molecular complexity index is 2540. The lowest BCUT2D eigenvalue weighted by molar-refractivity contribution is 1.23. The Kier molecular flexibility index (Phi) is 5.50. The third kappa shape index (κ3) is 3.80. The van der Waals surface area contributed by atoms with E-state index in [0.717, 1.165) is 44.5 Å². The van der Waals surface area contributed by atoms with Gasteiger partial charge in [0.1, 0.15) is 0 Å². The van der Waals surface area contributed by atoms with Crippen LogP contribution < -0.4 is 0 Å². The van der Waals surface area contributed by atoms with Crippen LogP contribution in [0.3, 0.4) is 0 Å². The molecule has 9 rings (SSSR count). The number of fused-ring (bicyclic) bond motifs is 9. The first-order chi connectivity index (χ1) is 21.8. The van der Waals surface area contributed by atoms with Crippen LogP contribution in [-0.2, 0) is 0 Å². The van der Waals surface area contributed by atoms with Gasteiger partial charge in [-0.3, -0.25) is 0 Å². The van der Waals surface area contributed by atoms with E-state index in [1.54, 1.807) is 0 Å². The molecule has 0 aliphatic rings. The maximum absolute atomic E-state index is 5.30. The van der Waals surface area contributed by atoms with Crippen molar-refractivity contribution in [2.75, 3.05) is 0 Å². The van der Waals surface area contributed by atoms with Crippen molar-refractivity contribution in [3.63, 3.8) is 0 Å². The summed E-state index contributed by atoms with van der Waals surface area (Å²) >= 11 is 0. The molecule has 0 saturated heterocycles. The molecule has 204 valence electrons. The van der Waals surface area contributed by atoms with Crippen LogP contribution in [0.1, 0.15) is 0 Å². The molecule has 0 bridgehead atoms. The summed E-state index contributed by atoms with van der Waals surface area (Å²) in [6, 6.07) is 53.0. The number of aromatic nitrogens is 3. The molecule has 3 heteroatoms. The number of benzene rings is 7. The normalized spacial score (nSPS) is 11.6. The monoisotopic (exact) mass is 559 g/mol. The summed E-state index contributed by atoms with van der Waals surface area (Å²) in [5.41, 5.74) is 6.96. The van der Waals surface area contributed by atoms with Crippen LogP contribution in [0.4, 0.5) is 0 Å². The number of para-hydroxylation sites is 2. The smallest absolute Gasteiger partial charge is 0.160 e. The highest BCUT2D eigenvalue weighted by Gasteiger charge is 2.18. The molecule has 0 atom stereocenters. The van der Waals surface area contributed by atoms with Crippen molar-refractivity contribution < 1.29 is 0 Å². The average molecular weight is 560 g/mol. The largest absolute Gasteiger partial charge is 0.247 e. The van der Waals surface area contributed by atoms with Gasteiger partial charge in [-0.15, -0.1) is 0 Å². The molecule has 0 saturated carbocycles. The molecule has 2 heterocycles. The van der Waals surface area contributed by atoms with Crippen molar-refractivity contribution in [1.82, 2.24) is 15.0 Å². The Morgan fingerprint density at radius 3 is 1.43 bits per heavy atom. The number of hydrogen-bond donors (Lipinski definition) is 0. The summed E-state index contributed by atoms with van der Waals surface area (Å²) in [4.78, 5) is 15.4. The lowest BCUT2D eigenvalue weighted by Crippen LogP contribution is -1.96. The maximum Gasteiger partial charge on any atom is 0.160 e. The van der Waals surface area contributed by atoms with E-state index >= 15 is 0 Å². The fourth-order valence-corrected chi connectivity index (χ4v) is 6.63. The first-order valence-electron chi connectivity index (χ1n) is 14.9. The number of nitrogens with zero attached hydrogens (tertiary/aromatic N) is 3. The molecule has 0 N–H and O–H groups in total. The van der Waals surface area contributed by atoms with E-state index in [9.17, 15) is 0 Å². The van der Waals surface area contributed by atoms with Gasteiger partial charge in [0.15, 0.2) is 5.82 Å². The van der Waals surface area contributed by atoms with E-state index < -0.39 is 0 Å². The van der Waals surface area contributed by atoms with Gasteiger partial charge in [0.2, 0.25) is 0 Å². The molecule has 0 aliphatic heterocycles. The predicted molar refractivity (Wildman–Crippen MR) is 184 cm³/mol. The van der Waals surface area contributed by atoms with Gasteiger partial charge in [0.25, 0.3) is 0 Å². The van der Waals surface area contributed by atoms with Crippen molar-refractivity contribution >= 4 is 54.1 Å². The lowest BCUT2D eigenvalue weighted by Gasteiger charge is -2.16. The van der Waals surface area contributed by atoms with E-state index in [0.29, 0.717) is 5.82 Å². The average Bonchev–Trinajstić information content (AvgIpc) is 3.11. The van der Waals surface area contributed by atoms with Gasteiger partial charge in [-0.05, 0) is 33.7 Å². The summed E-state index contributed by atoms with van der Waals surface area (Å²) < 4.78 is 0. The summed E-state index contributed by atoms with van der Waals surface area (Å²) in [6.45, 7) is 0. The van der Waals surface area contributed by atoms with Crippen molar-refractivity contribution in [1.29, 1.82) is 0 Å². The third-order valence-corrected chi connectivity index (χ3v) is 8.64. The highest BCUT2D eigenvalue weighted by molar-refractivity contribution is 6.33. The van der Waals surface area contributed by atoms with Crippen LogP contribution in [-0.4, -0.2) is 15.0 Å². The minimum absolute atomic E-state index is 0.710. The topological polar surface area (TPSA) is 38.7 Å². The zero-order valence-electron chi connectivity index (χ0n) is 23.8. The molecule has 0 amide bonds. The van der Waals surface area contributed by atoms with Gasteiger partial charge in [0.05, 0.1) is 22.4 Å². The van der Waals surface area contributed by atoms with Gasteiger partial charge >= 0.3 is 0 Å². The molecule has 0 unspecified atom stereocenters. The molecule has 44 heavy (non-hydrogen) atoms. The van der Waals surface area contributed by atoms with Crippen molar-refractivity contribution in [2.45, 2.75) is 0 Å². The number of hydrogen-bond acceptors (Lipinski definition) is 3. The fraction of sp³-hybridized carbons (Fsp3) is 0. The van der Waals surface area contributed by atoms with Crippen LogP contribution >= 0.6 is 0 Å². The second-order valence-corrected chi connectivity index (χ2v) is 11.2. The minimum atomic E-state index is 0.710. The molecule has 0 fully saturated rings. The van der Waals surface area contributed by atoms with Gasteiger partial charge in [-0.2, -0.15) is 0 Å². The Morgan fingerprint density at radius 2 is 0.750 bits per heavy atom. The quantitative estimate of drug-likeness (QED) is 0.202. The summed E-state index contributed by atoms with van der Waals surface area (Å²) in [6.07, 6.45) is 0. The third-order valence-electron chi connectivity index (χ3n) is 8.64. The van der Waals surface area contributed by atoms with E-state index in [2.05, 4.69) is 133 Å². The number of rotatable bonds is 3. The minimum Gasteiger partial charge on any atom is -0.247 e. The zero-order valence-corrected chi connectivity index (χ0v) is 23.8. The summed E-state index contributed by atoms with van der Waals surface area (Å²) in [7, 11) is 0. The molecule has 9 aromatic rings. The summed E-state index contributed by atoms with van der Waals surface area (Å²) in [5.74, 6) is 0.710. The molecular weight excluding hydrogens is 534 g/mol. The second kappa shape index (κ2) is 9.82. The first-order valence-corrected chi connectivity index (χ1v) is 14.9. The van der Waals surface area contributed by atoms with E-state index in [1.807, 2.05) is 18.2 Å². The van der Waals surface area contributed by atoms with Crippen LogP contribution in [0.25, 0.3) is 88.0 Å². The molecule has 0 spiro atoms. The molecule has 2 aromatic heterocycles. The maximum atomic E-state index is 5.30. The Hall–Kier alpha value is -5.93. The lowest BCUT2D eigenvalue weighted by atomic mass is 9.90. The van der Waals surface area contributed by atoms with Gasteiger partial charge in [-0.1, -0.05) is 140 Å². The Balaban J connectivity index is 1.28. The summed E-state index contributed by atoms with van der Waals surface area (Å²) in [5, 5.41) is 9.60. The highest BCUT2D eigenvalue weighted by Crippen LogP contribution is 2.42. The molecule has 7 aromatic carbocycles. The van der Waals surface area contributed by atoms with E-state index in [1.165, 1.54) is 37.7 Å². The van der Waals surface area contributed by atoms with E-state index in [-0.39, 0.29) is 0 Å². The standard InChI is InChI=1S/C41H25N3/c1-2-12-26(13-3-1)39-34-19-9-11-21-36(34)43-41(44-39)28-24-22-27(23-25-28)40-38-32-17-7-5-15-30(32)29-14-4-6-16-31(29)37(38)33-18-8-10-20-35(33)42-40/h1-25H. The molecule has 0 radical (unpaired) electrons. The van der Waals surface area contributed by atoms with Crippen molar-refractivity contribution in [3.05, 3.63) is 152 Å². The molecular formula is C41H25N3. The first kappa shape index (κ1) is 24.6. The van der Waals surface area contributed by atoms with Crippen LogP contribution in [0.15, 0.2) is 152 Å². The highest BCUT2D eigenvalue weighted by atomic mass is 14.9. The Morgan fingerprint density at radius 1 is 0.273 bits per heavy atom. The Labute approximate surface area is 254 Å². The van der Waals surface area contributed by atoms with Crippen LogP contribution in [0.5, 0.6) is 0 Å². The van der Waals surface area contributed by atoms with Crippen molar-refractivity contribution in [2.24, 2.45) is 0 Å². The second-order valence-electron chi connectivity index (χ2n) is 11.2. The van der Waals surface area contributed by atoms with Gasteiger partial charge in [-0.25, -0.2) is 15.0 Å². The number of pyridine rings is 1. The molecule has 0 aliphatic carbocycles. The van der Waals surface area contributed by atoms with Crippen LogP contribution in [0.2, 0.25) is 0 Å². The van der Waals surface area contributed by atoms with Crippen molar-refractivity contribution in [3.8, 4) is 33.9 Å². The predicted octanol–water partition coefficient (Wildman–Crippen LogP) is 10.6. The van der Waals surface area contributed by atoms with Gasteiger partial charge < -0.3 is 0 Å². The molecule has 3 nitrogen and oxygen atoms in total. The van der Waals surface area contributed by atoms with E-state index in [4.69, 9.17) is 15.0 Å².